The average Bonchev–Trinajstić information content (AvgIpc) is 3.72. The number of nitrogens with zero attached hydrogens (tertiary/aromatic N) is 7. The van der Waals surface area contributed by atoms with E-state index in [2.05, 4.69) is 41.7 Å². The minimum absolute atomic E-state index is 0.132. The van der Waals surface area contributed by atoms with E-state index in [1.807, 2.05) is 43.3 Å². The van der Waals surface area contributed by atoms with Gasteiger partial charge in [0.05, 0.1) is 23.9 Å². The van der Waals surface area contributed by atoms with Gasteiger partial charge in [-0.25, -0.2) is 9.97 Å². The molecule has 3 N–H and O–H groups in total. The van der Waals surface area contributed by atoms with Crippen molar-refractivity contribution in [2.75, 3.05) is 43.9 Å². The largest absolute Gasteiger partial charge is 0.351 e. The predicted octanol–water partition coefficient (Wildman–Crippen LogP) is 3.40. The molecular weight excluding hydrogens is 564 g/mol. The Hall–Kier alpha value is -5.06. The number of H-pyrrole nitrogens is 1. The van der Waals surface area contributed by atoms with Gasteiger partial charge < -0.3 is 25.4 Å². The molecule has 43 heavy (non-hydrogen) atoms. The van der Waals surface area contributed by atoms with Gasteiger partial charge in [-0.2, -0.15) is 10.4 Å². The number of likely N-dealkylation sites (N-methyl/N-ethyl adjacent to an activating group) is 1. The van der Waals surface area contributed by atoms with Gasteiger partial charge in [-0.05, 0) is 49.8 Å². The molecule has 6 rings (SSSR count). The number of hydrogen-bond acceptors (Lipinski definition) is 9. The number of aryl methyl sites for hydroxylation is 1. The topological polar surface area (TPSA) is 148 Å². The van der Waals surface area contributed by atoms with Crippen LogP contribution in [0.1, 0.15) is 36.9 Å². The SMILES string of the molecule is CN(C)CCNC(=O)c1cc2cc(-c3cnc(N4CCc5c(sc(NC(=O)c6cnn(C)c6)c5C#N)C4)nc3)ccc2[nH]1. The van der Waals surface area contributed by atoms with Crippen molar-refractivity contribution in [2.24, 2.45) is 7.05 Å². The van der Waals surface area contributed by atoms with Gasteiger partial charge in [-0.1, -0.05) is 6.07 Å². The number of amides is 2. The molecule has 13 heteroatoms. The first-order chi connectivity index (χ1) is 20.8. The highest BCUT2D eigenvalue weighted by Gasteiger charge is 2.27. The third-order valence-corrected chi connectivity index (χ3v) is 8.46. The van der Waals surface area contributed by atoms with Crippen LogP contribution >= 0.6 is 11.3 Å². The zero-order valence-corrected chi connectivity index (χ0v) is 24.8. The molecule has 12 nitrogen and oxygen atoms in total. The normalized spacial score (nSPS) is 12.8. The number of fused-ring (bicyclic) bond motifs is 2. The quantitative estimate of drug-likeness (QED) is 0.248. The molecule has 0 bridgehead atoms. The second-order valence-electron chi connectivity index (χ2n) is 10.7. The van der Waals surface area contributed by atoms with E-state index >= 15 is 0 Å². The van der Waals surface area contributed by atoms with Crippen LogP contribution in [0.15, 0.2) is 49.1 Å². The van der Waals surface area contributed by atoms with E-state index in [1.165, 1.54) is 17.5 Å². The third-order valence-electron chi connectivity index (χ3n) is 7.33. The molecule has 2 amide bonds. The molecule has 0 unspecified atom stereocenters. The molecule has 4 aromatic heterocycles. The first kappa shape index (κ1) is 28.1. The minimum atomic E-state index is -0.295. The number of thiophene rings is 1. The highest BCUT2D eigenvalue weighted by molar-refractivity contribution is 7.16. The number of carbonyl (C=O) groups excluding carboxylic acids is 2. The molecule has 0 radical (unpaired) electrons. The molecule has 1 aliphatic heterocycles. The number of aromatic nitrogens is 5. The molecule has 0 atom stereocenters. The number of anilines is 2. The van der Waals surface area contributed by atoms with Gasteiger partial charge in [-0.15, -0.1) is 11.3 Å². The Labute approximate surface area is 252 Å². The molecule has 0 saturated heterocycles. The number of benzene rings is 1. The molecule has 1 aromatic carbocycles. The summed E-state index contributed by atoms with van der Waals surface area (Å²) in [6, 6.07) is 10.1. The zero-order valence-electron chi connectivity index (χ0n) is 24.0. The van der Waals surface area contributed by atoms with Crippen molar-refractivity contribution in [3.05, 3.63) is 76.3 Å². The van der Waals surface area contributed by atoms with E-state index in [1.54, 1.807) is 30.3 Å². The summed E-state index contributed by atoms with van der Waals surface area (Å²) >= 11 is 1.41. The molecule has 5 heterocycles. The van der Waals surface area contributed by atoms with E-state index in [0.29, 0.717) is 53.8 Å². The second kappa shape index (κ2) is 11.7. The fraction of sp³-hybridized carbons (Fsp3) is 0.267. The highest BCUT2D eigenvalue weighted by Crippen LogP contribution is 2.37. The Morgan fingerprint density at radius 3 is 2.67 bits per heavy atom. The predicted molar refractivity (Wildman–Crippen MR) is 165 cm³/mol. The van der Waals surface area contributed by atoms with Gasteiger partial charge in [0.25, 0.3) is 11.8 Å². The third kappa shape index (κ3) is 5.83. The zero-order chi connectivity index (χ0) is 30.1. The van der Waals surface area contributed by atoms with Crippen LogP contribution in [0.5, 0.6) is 0 Å². The van der Waals surface area contributed by atoms with E-state index < -0.39 is 0 Å². The van der Waals surface area contributed by atoms with Crippen LogP contribution in [0.4, 0.5) is 10.9 Å². The lowest BCUT2D eigenvalue weighted by atomic mass is 10.0. The Kier molecular flexibility index (Phi) is 7.62. The van der Waals surface area contributed by atoms with Gasteiger partial charge in [0, 0.05) is 66.6 Å². The summed E-state index contributed by atoms with van der Waals surface area (Å²) in [6.07, 6.45) is 7.39. The maximum Gasteiger partial charge on any atom is 0.267 e. The summed E-state index contributed by atoms with van der Waals surface area (Å²) in [6.45, 7) is 2.54. The first-order valence-corrected chi connectivity index (χ1v) is 14.6. The van der Waals surface area contributed by atoms with E-state index in [-0.39, 0.29) is 11.8 Å². The number of nitriles is 1. The lowest BCUT2D eigenvalue weighted by Gasteiger charge is -2.26. The minimum Gasteiger partial charge on any atom is -0.351 e. The number of nitrogens with one attached hydrogen (secondary N) is 3. The van der Waals surface area contributed by atoms with Crippen molar-refractivity contribution in [1.82, 2.24) is 34.9 Å². The Morgan fingerprint density at radius 1 is 1.14 bits per heavy atom. The monoisotopic (exact) mass is 594 g/mol. The summed E-state index contributed by atoms with van der Waals surface area (Å²) in [7, 11) is 5.68. The van der Waals surface area contributed by atoms with Crippen LogP contribution in [0.3, 0.4) is 0 Å². The number of carbonyl (C=O) groups is 2. The molecule has 218 valence electrons. The van der Waals surface area contributed by atoms with Crippen molar-refractivity contribution in [2.45, 2.75) is 13.0 Å². The van der Waals surface area contributed by atoms with Crippen LogP contribution in [-0.4, -0.2) is 75.2 Å². The Balaban J connectivity index is 1.15. The Bertz CT molecular complexity index is 1860. The fourth-order valence-corrected chi connectivity index (χ4v) is 6.26. The number of aromatic amines is 1. The van der Waals surface area contributed by atoms with Crippen molar-refractivity contribution >= 4 is 45.0 Å². The first-order valence-electron chi connectivity index (χ1n) is 13.8. The average molecular weight is 595 g/mol. The van der Waals surface area contributed by atoms with Crippen LogP contribution in [0.25, 0.3) is 22.0 Å². The van der Waals surface area contributed by atoms with Gasteiger partial charge in [0.15, 0.2) is 0 Å². The van der Waals surface area contributed by atoms with Crippen LogP contribution in [0.2, 0.25) is 0 Å². The van der Waals surface area contributed by atoms with Crippen molar-refractivity contribution in [3.8, 4) is 17.2 Å². The standard InChI is InChI=1S/C30H30N10O2S/c1-38(2)9-7-32-28(42)25-11-19-10-18(4-5-24(19)36-25)20-13-33-30(34-14-20)40-8-6-22-23(12-31)29(43-26(22)17-40)37-27(41)21-15-35-39(3)16-21/h4-5,10-11,13-16,36H,6-9,17H2,1-3H3,(H,32,42)(H,37,41). The van der Waals surface area contributed by atoms with Gasteiger partial charge in [-0.3, -0.25) is 14.3 Å². The second-order valence-corrected chi connectivity index (χ2v) is 11.8. The summed E-state index contributed by atoms with van der Waals surface area (Å²) < 4.78 is 1.56. The van der Waals surface area contributed by atoms with E-state index in [4.69, 9.17) is 0 Å². The van der Waals surface area contributed by atoms with Gasteiger partial charge >= 0.3 is 0 Å². The van der Waals surface area contributed by atoms with Crippen molar-refractivity contribution in [3.63, 3.8) is 0 Å². The molecule has 0 spiro atoms. The van der Waals surface area contributed by atoms with Crippen LogP contribution in [0, 0.1) is 11.3 Å². The van der Waals surface area contributed by atoms with Crippen molar-refractivity contribution in [1.29, 1.82) is 5.26 Å². The molecule has 0 aliphatic carbocycles. The molecule has 0 fully saturated rings. The smallest absolute Gasteiger partial charge is 0.267 e. The van der Waals surface area contributed by atoms with Gasteiger partial charge in [0.2, 0.25) is 5.95 Å². The van der Waals surface area contributed by atoms with Crippen LogP contribution < -0.4 is 15.5 Å². The van der Waals surface area contributed by atoms with Gasteiger partial charge in [0.1, 0.15) is 16.8 Å². The number of hydrogen-bond donors (Lipinski definition) is 3. The maximum absolute atomic E-state index is 12.7. The fourth-order valence-electron chi connectivity index (χ4n) is 5.05. The molecule has 5 aromatic rings. The summed E-state index contributed by atoms with van der Waals surface area (Å²) in [5.41, 5.74) is 5.14. The summed E-state index contributed by atoms with van der Waals surface area (Å²) in [5, 5.41) is 21.2. The molecular formula is C30H30N10O2S. The highest BCUT2D eigenvalue weighted by atomic mass is 32.1. The lowest BCUT2D eigenvalue weighted by Crippen LogP contribution is -2.31. The molecule has 1 aliphatic rings. The summed E-state index contributed by atoms with van der Waals surface area (Å²) in [5.74, 6) is 0.172. The maximum atomic E-state index is 12.7. The van der Waals surface area contributed by atoms with Crippen LogP contribution in [-0.2, 0) is 20.0 Å². The van der Waals surface area contributed by atoms with E-state index in [0.717, 1.165) is 39.0 Å². The van der Waals surface area contributed by atoms with Crippen molar-refractivity contribution < 1.29 is 9.59 Å². The number of rotatable bonds is 8. The lowest BCUT2D eigenvalue weighted by molar-refractivity contribution is 0.0946. The summed E-state index contributed by atoms with van der Waals surface area (Å²) in [4.78, 5) is 42.8. The Morgan fingerprint density at radius 2 is 1.95 bits per heavy atom. The van der Waals surface area contributed by atoms with E-state index in [9.17, 15) is 14.9 Å². The molecule has 0 saturated carbocycles.